The topological polar surface area (TPSA) is 59.1 Å². The minimum Gasteiger partial charge on any atom is -0.380 e. The Bertz CT molecular complexity index is 569. The quantitative estimate of drug-likeness (QED) is 0.864. The fourth-order valence-corrected chi connectivity index (χ4v) is 2.15. The van der Waals surface area contributed by atoms with Crippen molar-refractivity contribution in [3.05, 3.63) is 39.8 Å². The van der Waals surface area contributed by atoms with Crippen molar-refractivity contribution in [3.8, 4) is 0 Å². The van der Waals surface area contributed by atoms with Crippen molar-refractivity contribution in [1.82, 2.24) is 10.3 Å². The Morgan fingerprint density at radius 2 is 2.06 bits per heavy atom. The molecule has 0 bridgehead atoms. The molecular formula is C12H10BrClN2O2. The number of allylic oxidation sites excluding steroid dienone is 2. The van der Waals surface area contributed by atoms with Gasteiger partial charge < -0.3 is 5.32 Å². The van der Waals surface area contributed by atoms with E-state index >= 15 is 0 Å². The molecule has 1 heterocycles. The molecule has 4 nitrogen and oxygen atoms in total. The number of carbonyl (C=O) groups is 2. The van der Waals surface area contributed by atoms with E-state index in [2.05, 4.69) is 26.2 Å². The number of alkyl halides is 1. The van der Waals surface area contributed by atoms with Gasteiger partial charge in [-0.15, -0.1) is 0 Å². The molecule has 1 aliphatic carbocycles. The van der Waals surface area contributed by atoms with Crippen molar-refractivity contribution in [1.29, 1.82) is 0 Å². The Morgan fingerprint density at radius 3 is 2.72 bits per heavy atom. The maximum Gasteiger partial charge on any atom is 0.229 e. The molecule has 0 unspecified atom stereocenters. The van der Waals surface area contributed by atoms with Crippen LogP contribution in [-0.4, -0.2) is 28.4 Å². The van der Waals surface area contributed by atoms with Gasteiger partial charge in [0.05, 0.1) is 5.56 Å². The predicted molar refractivity (Wildman–Crippen MR) is 72.3 cm³/mol. The summed E-state index contributed by atoms with van der Waals surface area (Å²) >= 11 is 9.17. The van der Waals surface area contributed by atoms with E-state index in [0.717, 1.165) is 0 Å². The van der Waals surface area contributed by atoms with Gasteiger partial charge in [0, 0.05) is 17.6 Å². The van der Waals surface area contributed by atoms with E-state index < -0.39 is 0 Å². The molecule has 0 radical (unpaired) electrons. The lowest BCUT2D eigenvalue weighted by atomic mass is 9.96. The number of rotatable bonds is 3. The average molecular weight is 330 g/mol. The molecule has 0 fully saturated rings. The maximum absolute atomic E-state index is 12.2. The molecule has 1 N–H and O–H groups in total. The number of pyridine rings is 1. The molecule has 0 atom stereocenters. The summed E-state index contributed by atoms with van der Waals surface area (Å²) in [7, 11) is 0. The zero-order chi connectivity index (χ0) is 13.3. The van der Waals surface area contributed by atoms with Crippen LogP contribution in [0.1, 0.15) is 26.5 Å². The first-order chi connectivity index (χ1) is 8.56. The number of nitrogens with zero attached hydrogens (tertiary/aromatic N) is 1. The van der Waals surface area contributed by atoms with Crippen molar-refractivity contribution in [2.75, 3.05) is 11.9 Å². The maximum atomic E-state index is 12.2. The van der Waals surface area contributed by atoms with Crippen LogP contribution in [0.2, 0.25) is 0 Å². The van der Waals surface area contributed by atoms with E-state index in [1.54, 1.807) is 19.1 Å². The van der Waals surface area contributed by atoms with Crippen LogP contribution in [-0.2, 0) is 0 Å². The largest absolute Gasteiger partial charge is 0.380 e. The van der Waals surface area contributed by atoms with E-state index in [0.29, 0.717) is 17.6 Å². The summed E-state index contributed by atoms with van der Waals surface area (Å²) in [5.74, 6) is -0.699. The molecule has 18 heavy (non-hydrogen) atoms. The highest BCUT2D eigenvalue weighted by Gasteiger charge is 2.32. The summed E-state index contributed by atoms with van der Waals surface area (Å²) in [5, 5.41) is 3.43. The van der Waals surface area contributed by atoms with Crippen molar-refractivity contribution < 1.29 is 9.59 Å². The van der Waals surface area contributed by atoms with Crippen molar-refractivity contribution in [3.63, 3.8) is 0 Å². The Labute approximate surface area is 118 Å². The van der Waals surface area contributed by atoms with Crippen LogP contribution in [0, 0.1) is 6.92 Å². The molecule has 0 aliphatic heterocycles. The monoisotopic (exact) mass is 328 g/mol. The third-order valence-corrected chi connectivity index (χ3v) is 3.29. The third-order valence-electron chi connectivity index (χ3n) is 2.54. The molecule has 0 saturated heterocycles. The Hall–Kier alpha value is -1.20. The minimum absolute atomic E-state index is 0.0703. The molecule has 0 amide bonds. The number of Topliss-reactive ketones (excluding diaryl/α,β-unsaturated/α-hetero) is 2. The van der Waals surface area contributed by atoms with Crippen LogP contribution in [0.5, 0.6) is 0 Å². The van der Waals surface area contributed by atoms with Gasteiger partial charge in [-0.05, 0) is 19.1 Å². The number of aryl methyl sites for hydroxylation is 1. The highest BCUT2D eigenvalue weighted by molar-refractivity contribution is 9.09. The summed E-state index contributed by atoms with van der Waals surface area (Å²) in [6.07, 6.45) is 0. The van der Waals surface area contributed by atoms with Gasteiger partial charge in [0.1, 0.15) is 16.4 Å². The number of hydrogen-bond acceptors (Lipinski definition) is 4. The summed E-state index contributed by atoms with van der Waals surface area (Å²) in [5.41, 5.74) is 1.25. The minimum atomic E-state index is -0.365. The van der Waals surface area contributed by atoms with Gasteiger partial charge in [-0.1, -0.05) is 27.5 Å². The molecule has 1 aromatic rings. The second-order valence-electron chi connectivity index (χ2n) is 3.81. The first kappa shape index (κ1) is 13.2. The van der Waals surface area contributed by atoms with Crippen LogP contribution in [0.3, 0.4) is 0 Å². The lowest BCUT2D eigenvalue weighted by Gasteiger charge is -2.18. The lowest BCUT2D eigenvalue weighted by Crippen LogP contribution is -2.31. The SMILES string of the molecule is Cc1ccc2c(n1)C(=O)C(NCCBr)=C(Cl)C2=O. The van der Waals surface area contributed by atoms with Crippen molar-refractivity contribution in [2.45, 2.75) is 6.92 Å². The lowest BCUT2D eigenvalue weighted by molar-refractivity contribution is 0.0971. The molecule has 1 aromatic heterocycles. The van der Waals surface area contributed by atoms with Crippen molar-refractivity contribution >= 4 is 39.1 Å². The van der Waals surface area contributed by atoms with Gasteiger partial charge in [0.15, 0.2) is 0 Å². The molecule has 0 saturated carbocycles. The highest BCUT2D eigenvalue weighted by Crippen LogP contribution is 2.26. The van der Waals surface area contributed by atoms with Crippen LogP contribution >= 0.6 is 27.5 Å². The van der Waals surface area contributed by atoms with E-state index in [4.69, 9.17) is 11.6 Å². The average Bonchev–Trinajstić information content (AvgIpc) is 2.36. The predicted octanol–water partition coefficient (Wildman–Crippen LogP) is 2.20. The number of aromatic nitrogens is 1. The van der Waals surface area contributed by atoms with Gasteiger partial charge in [-0.2, -0.15) is 0 Å². The van der Waals surface area contributed by atoms with Crippen LogP contribution < -0.4 is 5.32 Å². The van der Waals surface area contributed by atoms with E-state index in [1.165, 1.54) is 0 Å². The molecular weight excluding hydrogens is 320 g/mol. The Balaban J connectivity index is 2.50. The number of carbonyl (C=O) groups excluding carboxylic acids is 2. The first-order valence-corrected chi connectivity index (χ1v) is 6.83. The van der Waals surface area contributed by atoms with Crippen LogP contribution in [0.25, 0.3) is 0 Å². The first-order valence-electron chi connectivity index (χ1n) is 5.33. The van der Waals surface area contributed by atoms with Gasteiger partial charge in [0.2, 0.25) is 11.6 Å². The molecule has 94 valence electrons. The molecule has 6 heteroatoms. The van der Waals surface area contributed by atoms with Gasteiger partial charge in [0.25, 0.3) is 0 Å². The molecule has 1 aliphatic rings. The van der Waals surface area contributed by atoms with E-state index in [9.17, 15) is 9.59 Å². The fraction of sp³-hybridized carbons (Fsp3) is 0.250. The summed E-state index contributed by atoms with van der Waals surface area (Å²) in [4.78, 5) is 28.3. The smallest absolute Gasteiger partial charge is 0.229 e. The number of fused-ring (bicyclic) bond motifs is 1. The third kappa shape index (κ3) is 2.20. The molecule has 0 aromatic carbocycles. The Morgan fingerprint density at radius 1 is 1.33 bits per heavy atom. The second kappa shape index (κ2) is 5.20. The zero-order valence-electron chi connectivity index (χ0n) is 9.59. The normalized spacial score (nSPS) is 14.8. The standard InChI is InChI=1S/C12H10BrClN2O2/c1-6-2-3-7-9(16-6)12(18)10(15-5-4-13)8(14)11(7)17/h2-3,15H,4-5H2,1H3. The summed E-state index contributed by atoms with van der Waals surface area (Å²) < 4.78 is 0. The van der Waals surface area contributed by atoms with Gasteiger partial charge >= 0.3 is 0 Å². The van der Waals surface area contributed by atoms with Crippen LogP contribution in [0.4, 0.5) is 0 Å². The number of nitrogens with one attached hydrogen (secondary N) is 1. The number of ketones is 2. The Kier molecular flexibility index (Phi) is 3.82. The second-order valence-corrected chi connectivity index (χ2v) is 4.98. The van der Waals surface area contributed by atoms with Gasteiger partial charge in [-0.3, -0.25) is 9.59 Å². The summed E-state index contributed by atoms with van der Waals surface area (Å²) in [6.45, 7) is 2.27. The molecule has 0 spiro atoms. The van der Waals surface area contributed by atoms with Crippen molar-refractivity contribution in [2.24, 2.45) is 0 Å². The van der Waals surface area contributed by atoms with E-state index in [1.807, 2.05) is 0 Å². The summed E-state index contributed by atoms with van der Waals surface area (Å²) in [6, 6.07) is 3.27. The van der Waals surface area contributed by atoms with Gasteiger partial charge in [-0.25, -0.2) is 4.98 Å². The fourth-order valence-electron chi connectivity index (χ4n) is 1.69. The zero-order valence-corrected chi connectivity index (χ0v) is 11.9. The molecule has 2 rings (SSSR count). The number of halogens is 2. The number of hydrogen-bond donors (Lipinski definition) is 1. The van der Waals surface area contributed by atoms with Crippen LogP contribution in [0.15, 0.2) is 22.9 Å². The van der Waals surface area contributed by atoms with E-state index in [-0.39, 0.29) is 33.6 Å². The highest BCUT2D eigenvalue weighted by atomic mass is 79.9.